The van der Waals surface area contributed by atoms with Crippen LogP contribution in [0.5, 0.6) is 0 Å². The van der Waals surface area contributed by atoms with Crippen molar-refractivity contribution in [3.05, 3.63) is 29.8 Å². The molecule has 2 aliphatic heterocycles. The molecule has 0 bridgehead atoms. The molecule has 0 radical (unpaired) electrons. The lowest BCUT2D eigenvalue weighted by Crippen LogP contribution is -2.43. The average molecular weight is 308 g/mol. The number of benzene rings is 1. The van der Waals surface area contributed by atoms with Gasteiger partial charge in [0.2, 0.25) is 0 Å². The van der Waals surface area contributed by atoms with Gasteiger partial charge in [-0.25, -0.2) is 8.42 Å². The van der Waals surface area contributed by atoms with Crippen molar-refractivity contribution in [1.82, 2.24) is 5.32 Å². The highest BCUT2D eigenvalue weighted by Gasteiger charge is 2.37. The van der Waals surface area contributed by atoms with Crippen molar-refractivity contribution >= 4 is 15.5 Å². The number of nitrogens with one attached hydrogen (secondary N) is 1. The summed E-state index contributed by atoms with van der Waals surface area (Å²) in [4.78, 5) is 2.44. The van der Waals surface area contributed by atoms with Crippen LogP contribution in [-0.2, 0) is 16.4 Å². The maximum Gasteiger partial charge on any atom is 0.152 e. The van der Waals surface area contributed by atoms with E-state index in [-0.39, 0.29) is 11.3 Å². The molecule has 4 nitrogen and oxygen atoms in total. The van der Waals surface area contributed by atoms with Gasteiger partial charge < -0.3 is 10.2 Å². The largest absolute Gasteiger partial charge is 0.371 e. The molecule has 0 spiro atoms. The highest BCUT2D eigenvalue weighted by molar-refractivity contribution is 7.91. The molecular formula is C16H24N2O2S. The van der Waals surface area contributed by atoms with Crippen molar-refractivity contribution in [1.29, 1.82) is 0 Å². The van der Waals surface area contributed by atoms with Gasteiger partial charge in [-0.15, -0.1) is 0 Å². The number of nitrogens with zero attached hydrogens (tertiary/aromatic N) is 1. The first-order valence-electron chi connectivity index (χ1n) is 7.76. The SMILES string of the molecule is CC1(NCc2ccccc2N2CCCC2)CCS(=O)(=O)C1. The molecule has 3 rings (SSSR count). The van der Waals surface area contributed by atoms with Crippen molar-refractivity contribution in [3.63, 3.8) is 0 Å². The number of anilines is 1. The molecule has 0 aromatic heterocycles. The van der Waals surface area contributed by atoms with Crippen molar-refractivity contribution in [2.45, 2.75) is 38.3 Å². The van der Waals surface area contributed by atoms with E-state index in [1.165, 1.54) is 24.1 Å². The Hall–Kier alpha value is -1.07. The summed E-state index contributed by atoms with van der Waals surface area (Å²) in [6.45, 7) is 5.01. The Morgan fingerprint density at radius 2 is 1.95 bits per heavy atom. The van der Waals surface area contributed by atoms with Crippen LogP contribution < -0.4 is 10.2 Å². The molecule has 116 valence electrons. The Labute approximate surface area is 127 Å². The van der Waals surface area contributed by atoms with Gasteiger partial charge in [-0.2, -0.15) is 0 Å². The Kier molecular flexibility index (Phi) is 3.97. The van der Waals surface area contributed by atoms with Crippen LogP contribution >= 0.6 is 0 Å². The van der Waals surface area contributed by atoms with Gasteiger partial charge in [0.25, 0.3) is 0 Å². The fourth-order valence-corrected chi connectivity index (χ4v) is 5.51. The van der Waals surface area contributed by atoms with E-state index in [2.05, 4.69) is 34.5 Å². The zero-order chi connectivity index (χ0) is 14.9. The van der Waals surface area contributed by atoms with Crippen LogP contribution in [0.4, 0.5) is 5.69 Å². The average Bonchev–Trinajstić information content (AvgIpc) is 3.06. The maximum atomic E-state index is 11.7. The second-order valence-electron chi connectivity index (χ2n) is 6.58. The number of para-hydroxylation sites is 1. The molecule has 21 heavy (non-hydrogen) atoms. The molecule has 5 heteroatoms. The highest BCUT2D eigenvalue weighted by Crippen LogP contribution is 2.27. The lowest BCUT2D eigenvalue weighted by molar-refractivity contribution is 0.395. The summed E-state index contributed by atoms with van der Waals surface area (Å²) < 4.78 is 23.4. The fraction of sp³-hybridized carbons (Fsp3) is 0.625. The molecule has 0 saturated carbocycles. The zero-order valence-corrected chi connectivity index (χ0v) is 13.5. The lowest BCUT2D eigenvalue weighted by Gasteiger charge is -2.27. The van der Waals surface area contributed by atoms with Gasteiger partial charge in [0.05, 0.1) is 11.5 Å². The van der Waals surface area contributed by atoms with Crippen molar-refractivity contribution < 1.29 is 8.42 Å². The van der Waals surface area contributed by atoms with Crippen LogP contribution in [-0.4, -0.2) is 38.6 Å². The zero-order valence-electron chi connectivity index (χ0n) is 12.6. The molecular weight excluding hydrogens is 284 g/mol. The van der Waals surface area contributed by atoms with E-state index < -0.39 is 9.84 Å². The maximum absolute atomic E-state index is 11.7. The summed E-state index contributed by atoms with van der Waals surface area (Å²) in [5.41, 5.74) is 2.29. The molecule has 1 aromatic carbocycles. The summed E-state index contributed by atoms with van der Waals surface area (Å²) in [7, 11) is -2.86. The van der Waals surface area contributed by atoms with Crippen LogP contribution in [0.2, 0.25) is 0 Å². The van der Waals surface area contributed by atoms with Crippen LogP contribution in [0.25, 0.3) is 0 Å². The van der Waals surface area contributed by atoms with E-state index in [4.69, 9.17) is 0 Å². The van der Waals surface area contributed by atoms with Gasteiger partial charge in [-0.05, 0) is 37.8 Å². The summed E-state index contributed by atoms with van der Waals surface area (Å²) in [5.74, 6) is 0.566. The molecule has 0 amide bonds. The smallest absolute Gasteiger partial charge is 0.152 e. The first kappa shape index (κ1) is 14.9. The van der Waals surface area contributed by atoms with Gasteiger partial charge in [-0.3, -0.25) is 0 Å². The Morgan fingerprint density at radius 3 is 2.62 bits per heavy atom. The first-order valence-corrected chi connectivity index (χ1v) is 9.58. The molecule has 0 aliphatic carbocycles. The van der Waals surface area contributed by atoms with E-state index in [9.17, 15) is 8.42 Å². The van der Waals surface area contributed by atoms with Gasteiger partial charge >= 0.3 is 0 Å². The van der Waals surface area contributed by atoms with E-state index >= 15 is 0 Å². The lowest BCUT2D eigenvalue weighted by atomic mass is 10.0. The summed E-state index contributed by atoms with van der Waals surface area (Å²) in [5, 5.41) is 3.49. The summed E-state index contributed by atoms with van der Waals surface area (Å²) in [6, 6.07) is 8.47. The Morgan fingerprint density at radius 1 is 1.24 bits per heavy atom. The van der Waals surface area contributed by atoms with Gasteiger partial charge in [0.1, 0.15) is 0 Å². The molecule has 2 aliphatic rings. The number of hydrogen-bond donors (Lipinski definition) is 1. The molecule has 1 atom stereocenters. The van der Waals surface area contributed by atoms with Crippen LogP contribution in [0.3, 0.4) is 0 Å². The standard InChI is InChI=1S/C16H24N2O2S/c1-16(8-11-21(19,20)13-16)17-12-14-6-2-3-7-15(14)18-9-4-5-10-18/h2-3,6-7,17H,4-5,8-13H2,1H3. The molecule has 2 saturated heterocycles. The van der Waals surface area contributed by atoms with Gasteiger partial charge in [0, 0.05) is 30.9 Å². The molecule has 2 fully saturated rings. The molecule has 1 unspecified atom stereocenters. The second-order valence-corrected chi connectivity index (χ2v) is 8.76. The minimum Gasteiger partial charge on any atom is -0.371 e. The number of sulfone groups is 1. The Balaban J connectivity index is 1.71. The van der Waals surface area contributed by atoms with Gasteiger partial charge in [0.15, 0.2) is 9.84 Å². The topological polar surface area (TPSA) is 49.4 Å². The van der Waals surface area contributed by atoms with Crippen molar-refractivity contribution in [3.8, 4) is 0 Å². The summed E-state index contributed by atoms with van der Waals surface area (Å²) in [6.07, 6.45) is 3.23. The second kappa shape index (κ2) is 5.61. The third kappa shape index (κ3) is 3.40. The first-order chi connectivity index (χ1) is 9.98. The van der Waals surface area contributed by atoms with E-state index in [0.29, 0.717) is 12.2 Å². The van der Waals surface area contributed by atoms with E-state index in [0.717, 1.165) is 19.6 Å². The summed E-state index contributed by atoms with van der Waals surface area (Å²) >= 11 is 0. The number of rotatable bonds is 4. The Bertz CT molecular complexity index is 608. The van der Waals surface area contributed by atoms with E-state index in [1.807, 2.05) is 6.92 Å². The van der Waals surface area contributed by atoms with Crippen LogP contribution in [0.1, 0.15) is 31.7 Å². The van der Waals surface area contributed by atoms with Crippen molar-refractivity contribution in [2.24, 2.45) is 0 Å². The predicted molar refractivity (Wildman–Crippen MR) is 86.4 cm³/mol. The number of hydrogen-bond acceptors (Lipinski definition) is 4. The predicted octanol–water partition coefficient (Wildman–Crippen LogP) is 1.95. The molecule has 1 aromatic rings. The van der Waals surface area contributed by atoms with Crippen LogP contribution in [0, 0.1) is 0 Å². The van der Waals surface area contributed by atoms with Crippen molar-refractivity contribution in [2.75, 3.05) is 29.5 Å². The normalized spacial score (nSPS) is 28.1. The third-order valence-electron chi connectivity index (χ3n) is 4.65. The van der Waals surface area contributed by atoms with E-state index in [1.54, 1.807) is 0 Å². The fourth-order valence-electron chi connectivity index (χ4n) is 3.39. The third-order valence-corrected chi connectivity index (χ3v) is 6.55. The quantitative estimate of drug-likeness (QED) is 0.924. The monoisotopic (exact) mass is 308 g/mol. The minimum atomic E-state index is -2.86. The van der Waals surface area contributed by atoms with Gasteiger partial charge in [-0.1, -0.05) is 18.2 Å². The minimum absolute atomic E-state index is 0.256. The highest BCUT2D eigenvalue weighted by atomic mass is 32.2. The molecule has 1 N–H and O–H groups in total. The molecule has 2 heterocycles. The van der Waals surface area contributed by atoms with Crippen LogP contribution in [0.15, 0.2) is 24.3 Å².